The Morgan fingerprint density at radius 1 is 1.12 bits per heavy atom. The Morgan fingerprint density at radius 2 is 1.85 bits per heavy atom. The highest BCUT2D eigenvalue weighted by Crippen LogP contribution is 2.36. The van der Waals surface area contributed by atoms with Crippen molar-refractivity contribution in [2.75, 3.05) is 34.0 Å². The van der Waals surface area contributed by atoms with Crippen LogP contribution in [0.15, 0.2) is 28.4 Å². The summed E-state index contributed by atoms with van der Waals surface area (Å²) in [6.07, 6.45) is -0.616. The lowest BCUT2D eigenvalue weighted by atomic mass is 10.1. The summed E-state index contributed by atoms with van der Waals surface area (Å²) in [4.78, 5) is 23.5. The Labute approximate surface area is 204 Å². The molecule has 0 aliphatic rings. The van der Waals surface area contributed by atoms with Crippen molar-refractivity contribution >= 4 is 21.6 Å². The van der Waals surface area contributed by atoms with E-state index in [1.807, 2.05) is 23.6 Å². The second-order valence-corrected chi connectivity index (χ2v) is 9.88. The molecule has 0 bridgehead atoms. The molecule has 0 radical (unpaired) electrons. The molecule has 2 heterocycles. The number of aliphatic hydroxyl groups excluding tert-OH is 1. The zero-order chi connectivity index (χ0) is 24.8. The number of aliphatic hydroxyl groups is 1. The number of aromatic amines is 1. The van der Waals surface area contributed by atoms with E-state index in [-0.39, 0.29) is 18.2 Å². The Bertz CT molecular complexity index is 1140. The molecule has 0 spiro atoms. The van der Waals surface area contributed by atoms with Crippen LogP contribution in [0.25, 0.3) is 21.3 Å². The fraction of sp³-hybridized carbons (Fsp3) is 0.520. The summed E-state index contributed by atoms with van der Waals surface area (Å²) >= 11 is 1.43. The van der Waals surface area contributed by atoms with Crippen LogP contribution in [0.3, 0.4) is 0 Å². The SMILES string of the molecule is COc1ccc(-c2csc3nc(CN(CC(O)COCC(C)C)C(C)C)[nH]c(=O)c23)cc1OC. The zero-order valence-corrected chi connectivity index (χ0v) is 21.6. The summed E-state index contributed by atoms with van der Waals surface area (Å²) in [5.74, 6) is 2.22. The van der Waals surface area contributed by atoms with Gasteiger partial charge in [-0.15, -0.1) is 11.3 Å². The zero-order valence-electron chi connectivity index (χ0n) is 20.8. The molecule has 3 aromatic rings. The van der Waals surface area contributed by atoms with E-state index >= 15 is 0 Å². The lowest BCUT2D eigenvalue weighted by Gasteiger charge is -2.28. The summed E-state index contributed by atoms with van der Waals surface area (Å²) in [5.41, 5.74) is 1.48. The second kappa shape index (κ2) is 11.8. The van der Waals surface area contributed by atoms with E-state index in [0.717, 1.165) is 11.1 Å². The van der Waals surface area contributed by atoms with Crippen molar-refractivity contribution in [2.45, 2.75) is 46.4 Å². The van der Waals surface area contributed by atoms with Gasteiger partial charge < -0.3 is 24.3 Å². The van der Waals surface area contributed by atoms with Crippen molar-refractivity contribution in [3.63, 3.8) is 0 Å². The predicted molar refractivity (Wildman–Crippen MR) is 136 cm³/mol. The third-order valence-corrected chi connectivity index (χ3v) is 6.35. The number of aromatic nitrogens is 2. The van der Waals surface area contributed by atoms with Gasteiger partial charge >= 0.3 is 0 Å². The highest BCUT2D eigenvalue weighted by molar-refractivity contribution is 7.17. The number of thiophene rings is 1. The van der Waals surface area contributed by atoms with Gasteiger partial charge in [-0.1, -0.05) is 19.9 Å². The normalized spacial score (nSPS) is 12.8. The molecule has 0 fully saturated rings. The van der Waals surface area contributed by atoms with Gasteiger partial charge in [0.2, 0.25) is 0 Å². The molecule has 3 rings (SSSR count). The lowest BCUT2D eigenvalue weighted by Crippen LogP contribution is -2.39. The minimum atomic E-state index is -0.616. The molecule has 8 nitrogen and oxygen atoms in total. The van der Waals surface area contributed by atoms with Gasteiger partial charge in [0.25, 0.3) is 5.56 Å². The highest BCUT2D eigenvalue weighted by atomic mass is 32.1. The second-order valence-electron chi connectivity index (χ2n) is 9.02. The number of H-pyrrole nitrogens is 1. The van der Waals surface area contributed by atoms with Gasteiger partial charge in [-0.05, 0) is 37.5 Å². The molecule has 1 atom stereocenters. The number of ether oxygens (including phenoxy) is 3. The van der Waals surface area contributed by atoms with Crippen LogP contribution in [-0.4, -0.2) is 66.1 Å². The van der Waals surface area contributed by atoms with Crippen molar-refractivity contribution in [1.29, 1.82) is 0 Å². The molecule has 9 heteroatoms. The van der Waals surface area contributed by atoms with E-state index in [9.17, 15) is 9.90 Å². The average molecular weight is 490 g/mol. The first kappa shape index (κ1) is 26.2. The maximum Gasteiger partial charge on any atom is 0.260 e. The van der Waals surface area contributed by atoms with E-state index in [0.29, 0.717) is 53.2 Å². The number of nitrogens with zero attached hydrogens (tertiary/aromatic N) is 2. The minimum absolute atomic E-state index is 0.159. The van der Waals surface area contributed by atoms with Crippen molar-refractivity contribution in [3.8, 4) is 22.6 Å². The van der Waals surface area contributed by atoms with Crippen LogP contribution in [-0.2, 0) is 11.3 Å². The first-order valence-electron chi connectivity index (χ1n) is 11.5. The van der Waals surface area contributed by atoms with E-state index in [1.54, 1.807) is 14.2 Å². The number of benzene rings is 1. The average Bonchev–Trinajstić information content (AvgIpc) is 3.22. The van der Waals surface area contributed by atoms with Crippen molar-refractivity contribution in [1.82, 2.24) is 14.9 Å². The lowest BCUT2D eigenvalue weighted by molar-refractivity contribution is 0.00129. The van der Waals surface area contributed by atoms with Crippen LogP contribution in [0.5, 0.6) is 11.5 Å². The molecule has 2 aromatic heterocycles. The number of methoxy groups -OCH3 is 2. The maximum atomic E-state index is 13.1. The molecule has 0 saturated carbocycles. The molecular weight excluding hydrogens is 454 g/mol. The third-order valence-electron chi connectivity index (χ3n) is 5.48. The highest BCUT2D eigenvalue weighted by Gasteiger charge is 2.19. The summed E-state index contributed by atoms with van der Waals surface area (Å²) in [5, 5.41) is 12.9. The summed E-state index contributed by atoms with van der Waals surface area (Å²) < 4.78 is 16.3. The molecule has 0 aliphatic carbocycles. The smallest absolute Gasteiger partial charge is 0.260 e. The fourth-order valence-electron chi connectivity index (χ4n) is 3.70. The Morgan fingerprint density at radius 3 is 2.50 bits per heavy atom. The predicted octanol–water partition coefficient (Wildman–Crippen LogP) is 3.91. The van der Waals surface area contributed by atoms with Gasteiger partial charge in [0.05, 0.1) is 38.9 Å². The fourth-order valence-corrected chi connectivity index (χ4v) is 4.66. The number of hydrogen-bond donors (Lipinski definition) is 2. The van der Waals surface area contributed by atoms with Gasteiger partial charge in [0.1, 0.15) is 10.7 Å². The molecular formula is C25H35N3O5S. The Hall–Kier alpha value is -2.46. The molecule has 186 valence electrons. The molecule has 1 aromatic carbocycles. The summed E-state index contributed by atoms with van der Waals surface area (Å²) in [7, 11) is 3.17. The number of hydrogen-bond acceptors (Lipinski definition) is 8. The van der Waals surface area contributed by atoms with Crippen LogP contribution in [0.2, 0.25) is 0 Å². The molecule has 1 unspecified atom stereocenters. The van der Waals surface area contributed by atoms with Crippen LogP contribution >= 0.6 is 11.3 Å². The van der Waals surface area contributed by atoms with Gasteiger partial charge in [0, 0.05) is 30.1 Å². The van der Waals surface area contributed by atoms with Gasteiger partial charge in [-0.25, -0.2) is 4.98 Å². The van der Waals surface area contributed by atoms with E-state index in [4.69, 9.17) is 19.2 Å². The number of nitrogens with one attached hydrogen (secondary N) is 1. The van der Waals surface area contributed by atoms with E-state index in [2.05, 4.69) is 37.6 Å². The van der Waals surface area contributed by atoms with Crippen molar-refractivity contribution in [3.05, 3.63) is 39.8 Å². The molecule has 34 heavy (non-hydrogen) atoms. The number of fused-ring (bicyclic) bond motifs is 1. The maximum absolute atomic E-state index is 13.1. The van der Waals surface area contributed by atoms with Crippen LogP contribution in [0.1, 0.15) is 33.5 Å². The first-order valence-corrected chi connectivity index (χ1v) is 12.3. The van der Waals surface area contributed by atoms with Crippen LogP contribution in [0.4, 0.5) is 0 Å². The summed E-state index contributed by atoms with van der Waals surface area (Å²) in [6, 6.07) is 5.74. The van der Waals surface area contributed by atoms with E-state index in [1.165, 1.54) is 11.3 Å². The molecule has 0 aliphatic heterocycles. The van der Waals surface area contributed by atoms with Crippen molar-refractivity contribution in [2.24, 2.45) is 5.92 Å². The van der Waals surface area contributed by atoms with Gasteiger partial charge in [-0.3, -0.25) is 9.69 Å². The third kappa shape index (κ3) is 6.35. The summed E-state index contributed by atoms with van der Waals surface area (Å²) in [6.45, 7) is 10.0. The van der Waals surface area contributed by atoms with Gasteiger partial charge in [0.15, 0.2) is 11.5 Å². The topological polar surface area (TPSA) is 96.9 Å². The molecule has 2 N–H and O–H groups in total. The quantitative estimate of drug-likeness (QED) is 0.398. The van der Waals surface area contributed by atoms with Crippen molar-refractivity contribution < 1.29 is 19.3 Å². The van der Waals surface area contributed by atoms with E-state index < -0.39 is 6.10 Å². The minimum Gasteiger partial charge on any atom is -0.493 e. The van der Waals surface area contributed by atoms with Gasteiger partial charge in [-0.2, -0.15) is 0 Å². The number of rotatable bonds is 12. The Kier molecular flexibility index (Phi) is 9.07. The van der Waals surface area contributed by atoms with Crippen LogP contribution in [0, 0.1) is 5.92 Å². The standard InChI is InChI=1S/C25H35N3O5S/c1-15(2)12-33-13-18(29)10-28(16(3)4)11-22-26-24(30)23-19(14-34-25(23)27-22)17-7-8-20(31-5)21(9-17)32-6/h7-9,14-16,18,29H,10-13H2,1-6H3,(H,26,27,30). The van der Waals surface area contributed by atoms with Crippen LogP contribution < -0.4 is 15.0 Å². The first-order chi connectivity index (χ1) is 16.2. The molecule has 0 amide bonds. The Balaban J connectivity index is 1.82. The largest absolute Gasteiger partial charge is 0.493 e. The molecule has 0 saturated heterocycles. The monoisotopic (exact) mass is 489 g/mol.